The van der Waals surface area contributed by atoms with Crippen LogP contribution in [0.25, 0.3) is 16.8 Å². The Hall–Kier alpha value is -0.730. The average molecular weight is 314 g/mol. The van der Waals surface area contributed by atoms with E-state index in [1.807, 2.05) is 30.3 Å². The van der Waals surface area contributed by atoms with Gasteiger partial charge in [0.05, 0.1) is 0 Å². The van der Waals surface area contributed by atoms with Crippen LogP contribution in [-0.2, 0) is 6.42 Å². The predicted molar refractivity (Wildman–Crippen MR) is 81.9 cm³/mol. The summed E-state index contributed by atoms with van der Waals surface area (Å²) < 4.78 is -1.70. The van der Waals surface area contributed by atoms with E-state index in [4.69, 9.17) is 34.8 Å². The average Bonchev–Trinajstić information content (AvgIpc) is 2.37. The number of aliphatic hydroxyl groups is 1. The molecule has 19 heavy (non-hydrogen) atoms. The summed E-state index contributed by atoms with van der Waals surface area (Å²) in [6.07, 6.45) is 1.42. The molecule has 2 aromatic carbocycles. The molecule has 0 saturated carbocycles. The summed E-state index contributed by atoms with van der Waals surface area (Å²) in [5.74, 6) is 0. The molecule has 1 aliphatic carbocycles. The van der Waals surface area contributed by atoms with Crippen molar-refractivity contribution in [1.82, 2.24) is 0 Å². The van der Waals surface area contributed by atoms with Gasteiger partial charge in [0.15, 0.2) is 0 Å². The Morgan fingerprint density at radius 3 is 2.42 bits per heavy atom. The zero-order chi connectivity index (χ0) is 13.6. The topological polar surface area (TPSA) is 20.2 Å². The van der Waals surface area contributed by atoms with Gasteiger partial charge in [-0.25, -0.2) is 0 Å². The number of rotatable bonds is 1. The van der Waals surface area contributed by atoms with Gasteiger partial charge in [-0.3, -0.25) is 0 Å². The van der Waals surface area contributed by atoms with Gasteiger partial charge in [-0.1, -0.05) is 77.3 Å². The van der Waals surface area contributed by atoms with Gasteiger partial charge in [-0.15, -0.1) is 0 Å². The fourth-order valence-electron chi connectivity index (χ4n) is 2.57. The number of hydrogen-bond acceptors (Lipinski definition) is 1. The lowest BCUT2D eigenvalue weighted by Gasteiger charge is -2.25. The third-order valence-electron chi connectivity index (χ3n) is 3.42. The van der Waals surface area contributed by atoms with Crippen LogP contribution in [0.15, 0.2) is 42.0 Å². The zero-order valence-electron chi connectivity index (χ0n) is 9.91. The molecule has 1 N–H and O–H groups in total. The van der Waals surface area contributed by atoms with Gasteiger partial charge < -0.3 is 5.11 Å². The molecular formula is C15H11Cl3O. The van der Waals surface area contributed by atoms with Gasteiger partial charge in [-0.2, -0.15) is 0 Å². The fraction of sp³-hybridized carbons (Fsp3) is 0.200. The molecular weight excluding hydrogens is 303 g/mol. The van der Waals surface area contributed by atoms with Crippen LogP contribution in [0, 0.1) is 0 Å². The Balaban J connectivity index is 2.16. The van der Waals surface area contributed by atoms with Crippen molar-refractivity contribution >= 4 is 51.7 Å². The standard InChI is InChI=1S/C15H11Cl3O/c16-15(17,18)14(19)12-7-10-5-1-3-9-4-2-6-11(8-12)13(9)10/h1-7,14,19H,8H2. The fourth-order valence-corrected chi connectivity index (χ4v) is 2.99. The molecule has 98 valence electrons. The van der Waals surface area contributed by atoms with Gasteiger partial charge in [0.2, 0.25) is 3.79 Å². The first-order valence-electron chi connectivity index (χ1n) is 5.92. The lowest BCUT2D eigenvalue weighted by molar-refractivity contribution is 0.213. The second-order valence-corrected chi connectivity index (χ2v) is 7.07. The number of alkyl halides is 3. The number of halogens is 3. The molecule has 3 rings (SSSR count). The molecule has 0 aliphatic heterocycles. The van der Waals surface area contributed by atoms with Crippen LogP contribution >= 0.6 is 34.8 Å². The first-order chi connectivity index (χ1) is 8.97. The highest BCUT2D eigenvalue weighted by Crippen LogP contribution is 2.39. The molecule has 0 aromatic heterocycles. The van der Waals surface area contributed by atoms with Crippen LogP contribution in [-0.4, -0.2) is 15.0 Å². The summed E-state index contributed by atoms with van der Waals surface area (Å²) in [6, 6.07) is 12.2. The van der Waals surface area contributed by atoms with E-state index < -0.39 is 9.90 Å². The highest BCUT2D eigenvalue weighted by atomic mass is 35.6. The molecule has 0 fully saturated rings. The first-order valence-corrected chi connectivity index (χ1v) is 7.06. The minimum atomic E-state index is -1.70. The van der Waals surface area contributed by atoms with Crippen molar-refractivity contribution in [3.63, 3.8) is 0 Å². The molecule has 4 heteroatoms. The number of benzene rings is 2. The van der Waals surface area contributed by atoms with Crippen molar-refractivity contribution in [2.75, 3.05) is 0 Å². The highest BCUT2D eigenvalue weighted by molar-refractivity contribution is 6.68. The van der Waals surface area contributed by atoms with Crippen LogP contribution in [0.2, 0.25) is 0 Å². The molecule has 0 saturated heterocycles. The maximum Gasteiger partial charge on any atom is 0.219 e. The minimum absolute atomic E-state index is 0.601. The lowest BCUT2D eigenvalue weighted by Crippen LogP contribution is -2.28. The van der Waals surface area contributed by atoms with E-state index in [1.165, 1.54) is 10.8 Å². The SMILES string of the molecule is OC(C1=Cc2cccc3cccc(c23)C1)C(Cl)(Cl)Cl. The Morgan fingerprint density at radius 2 is 1.74 bits per heavy atom. The van der Waals surface area contributed by atoms with Gasteiger partial charge in [0.25, 0.3) is 0 Å². The van der Waals surface area contributed by atoms with E-state index in [1.54, 1.807) is 0 Å². The lowest BCUT2D eigenvalue weighted by atomic mass is 9.87. The summed E-state index contributed by atoms with van der Waals surface area (Å²) in [6.45, 7) is 0. The monoisotopic (exact) mass is 312 g/mol. The maximum absolute atomic E-state index is 10.1. The van der Waals surface area contributed by atoms with Crippen LogP contribution in [0.5, 0.6) is 0 Å². The smallest absolute Gasteiger partial charge is 0.219 e. The normalized spacial score (nSPS) is 16.3. The highest BCUT2D eigenvalue weighted by Gasteiger charge is 2.34. The van der Waals surface area contributed by atoms with Gasteiger partial charge in [0.1, 0.15) is 6.10 Å². The van der Waals surface area contributed by atoms with Gasteiger partial charge in [-0.05, 0) is 33.9 Å². The first kappa shape index (κ1) is 13.3. The molecule has 1 aliphatic rings. The zero-order valence-corrected chi connectivity index (χ0v) is 12.2. The Kier molecular flexibility index (Phi) is 3.26. The predicted octanol–water partition coefficient (Wildman–Crippen LogP) is 4.51. The van der Waals surface area contributed by atoms with Crippen molar-refractivity contribution in [3.05, 3.63) is 53.1 Å². The summed E-state index contributed by atoms with van der Waals surface area (Å²) in [5, 5.41) is 12.5. The van der Waals surface area contributed by atoms with E-state index in [0.717, 1.165) is 16.7 Å². The van der Waals surface area contributed by atoms with Crippen LogP contribution in [0.1, 0.15) is 11.1 Å². The summed E-state index contributed by atoms with van der Waals surface area (Å²) >= 11 is 17.4. The third-order valence-corrected chi connectivity index (χ3v) is 4.04. The van der Waals surface area contributed by atoms with Crippen molar-refractivity contribution in [2.45, 2.75) is 16.3 Å². The summed E-state index contributed by atoms with van der Waals surface area (Å²) in [4.78, 5) is 0. The molecule has 0 heterocycles. The third kappa shape index (κ3) is 2.36. The van der Waals surface area contributed by atoms with E-state index in [0.29, 0.717) is 6.42 Å². The summed E-state index contributed by atoms with van der Waals surface area (Å²) in [7, 11) is 0. The number of aliphatic hydroxyl groups excluding tert-OH is 1. The van der Waals surface area contributed by atoms with Crippen molar-refractivity contribution in [2.24, 2.45) is 0 Å². The quantitative estimate of drug-likeness (QED) is 0.768. The van der Waals surface area contributed by atoms with Crippen molar-refractivity contribution in [3.8, 4) is 0 Å². The molecule has 0 spiro atoms. The second-order valence-electron chi connectivity index (χ2n) is 4.70. The molecule has 0 amide bonds. The van der Waals surface area contributed by atoms with Gasteiger partial charge >= 0.3 is 0 Å². The maximum atomic E-state index is 10.1. The molecule has 1 nitrogen and oxygen atoms in total. The van der Waals surface area contributed by atoms with E-state index in [9.17, 15) is 5.11 Å². The van der Waals surface area contributed by atoms with E-state index in [2.05, 4.69) is 12.1 Å². The Labute approximate surface area is 126 Å². The van der Waals surface area contributed by atoms with Crippen molar-refractivity contribution < 1.29 is 5.11 Å². The second kappa shape index (κ2) is 4.68. The molecule has 1 atom stereocenters. The largest absolute Gasteiger partial charge is 0.384 e. The Morgan fingerprint density at radius 1 is 1.05 bits per heavy atom. The molecule has 2 aromatic rings. The van der Waals surface area contributed by atoms with Crippen LogP contribution in [0.4, 0.5) is 0 Å². The van der Waals surface area contributed by atoms with Crippen LogP contribution < -0.4 is 0 Å². The molecule has 0 radical (unpaired) electrons. The van der Waals surface area contributed by atoms with Crippen LogP contribution in [0.3, 0.4) is 0 Å². The summed E-state index contributed by atoms with van der Waals surface area (Å²) in [5.41, 5.74) is 2.94. The van der Waals surface area contributed by atoms with E-state index >= 15 is 0 Å². The molecule has 0 bridgehead atoms. The number of hydrogen-bond donors (Lipinski definition) is 1. The minimum Gasteiger partial charge on any atom is -0.384 e. The molecule has 1 unspecified atom stereocenters. The van der Waals surface area contributed by atoms with E-state index in [-0.39, 0.29) is 0 Å². The van der Waals surface area contributed by atoms with Gasteiger partial charge in [0, 0.05) is 0 Å². The Bertz CT molecular complexity index is 665. The van der Waals surface area contributed by atoms with Crippen molar-refractivity contribution in [1.29, 1.82) is 0 Å².